The Hall–Kier alpha value is -3.91. The van der Waals surface area contributed by atoms with Crippen molar-refractivity contribution in [1.29, 1.82) is 0 Å². The van der Waals surface area contributed by atoms with Gasteiger partial charge >= 0.3 is 0 Å². The number of amides is 1. The summed E-state index contributed by atoms with van der Waals surface area (Å²) in [6.45, 7) is 4.81. The third-order valence-corrected chi connectivity index (χ3v) is 5.37. The van der Waals surface area contributed by atoms with Crippen LogP contribution in [-0.2, 0) is 6.42 Å². The average Bonchev–Trinajstić information content (AvgIpc) is 3.26. The van der Waals surface area contributed by atoms with Crippen LogP contribution in [0.25, 0.3) is 22.3 Å². The first-order valence-electron chi connectivity index (χ1n) is 10.8. The molecule has 8 heteroatoms. The SMILES string of the molecule is CCc1n[nH]c2nc(-c3cc(NC(=O)c4cc(OC)cc(OCCN)c4)ccc3C)ccc12. The maximum atomic E-state index is 13.0. The second kappa shape index (κ2) is 9.70. The summed E-state index contributed by atoms with van der Waals surface area (Å²) in [7, 11) is 1.54. The highest BCUT2D eigenvalue weighted by molar-refractivity contribution is 6.05. The van der Waals surface area contributed by atoms with Gasteiger partial charge in [-0.05, 0) is 55.3 Å². The molecule has 4 rings (SSSR count). The number of aromatic amines is 1. The molecule has 0 fully saturated rings. The number of ether oxygens (including phenoxy) is 2. The number of methoxy groups -OCH3 is 1. The lowest BCUT2D eigenvalue weighted by Crippen LogP contribution is -2.14. The van der Waals surface area contributed by atoms with Crippen LogP contribution in [0.3, 0.4) is 0 Å². The molecule has 0 aliphatic rings. The molecule has 1 amide bonds. The predicted molar refractivity (Wildman–Crippen MR) is 129 cm³/mol. The Bertz CT molecular complexity index is 1300. The molecule has 170 valence electrons. The van der Waals surface area contributed by atoms with Crippen LogP contribution < -0.4 is 20.5 Å². The number of nitrogens with zero attached hydrogens (tertiary/aromatic N) is 2. The number of carbonyl (C=O) groups is 1. The Labute approximate surface area is 192 Å². The van der Waals surface area contributed by atoms with E-state index < -0.39 is 0 Å². The topological polar surface area (TPSA) is 115 Å². The number of pyridine rings is 1. The van der Waals surface area contributed by atoms with Gasteiger partial charge in [-0.15, -0.1) is 0 Å². The highest BCUT2D eigenvalue weighted by Crippen LogP contribution is 2.28. The quantitative estimate of drug-likeness (QED) is 0.376. The standard InChI is InChI=1S/C25H27N5O3/c1-4-22-20-7-8-23(28-24(20)30-29-22)21-13-17(6-5-15(21)2)27-25(31)16-11-18(32-3)14-19(12-16)33-10-9-26/h5-8,11-14H,4,9-10,26H2,1-3H3,(H,27,31)(H,28,29,30). The molecule has 4 N–H and O–H groups in total. The molecule has 0 atom stereocenters. The van der Waals surface area contributed by atoms with Crippen LogP contribution in [0.15, 0.2) is 48.5 Å². The summed E-state index contributed by atoms with van der Waals surface area (Å²) < 4.78 is 10.9. The first kappa shape index (κ1) is 22.3. The second-order valence-electron chi connectivity index (χ2n) is 7.63. The van der Waals surface area contributed by atoms with Crippen molar-refractivity contribution in [2.75, 3.05) is 25.6 Å². The molecular weight excluding hydrogens is 418 g/mol. The number of carbonyl (C=O) groups excluding carboxylic acids is 1. The molecule has 0 saturated heterocycles. The molecule has 2 heterocycles. The number of nitrogens with two attached hydrogens (primary N) is 1. The highest BCUT2D eigenvalue weighted by Gasteiger charge is 2.13. The number of nitrogens with one attached hydrogen (secondary N) is 2. The molecule has 4 aromatic rings. The smallest absolute Gasteiger partial charge is 0.255 e. The van der Waals surface area contributed by atoms with Crippen molar-refractivity contribution in [3.63, 3.8) is 0 Å². The van der Waals surface area contributed by atoms with Gasteiger partial charge in [-0.2, -0.15) is 5.10 Å². The van der Waals surface area contributed by atoms with Crippen LogP contribution in [0.4, 0.5) is 5.69 Å². The van der Waals surface area contributed by atoms with Crippen LogP contribution in [-0.4, -0.2) is 41.3 Å². The molecule has 8 nitrogen and oxygen atoms in total. The Morgan fingerprint density at radius 3 is 2.70 bits per heavy atom. The minimum absolute atomic E-state index is 0.272. The average molecular weight is 446 g/mol. The van der Waals surface area contributed by atoms with Crippen molar-refractivity contribution in [2.24, 2.45) is 5.73 Å². The Morgan fingerprint density at radius 1 is 1.12 bits per heavy atom. The van der Waals surface area contributed by atoms with Crippen molar-refractivity contribution in [2.45, 2.75) is 20.3 Å². The number of aromatic nitrogens is 3. The Kier molecular flexibility index (Phi) is 6.55. The van der Waals surface area contributed by atoms with E-state index in [2.05, 4.69) is 22.4 Å². The number of rotatable bonds is 8. The van der Waals surface area contributed by atoms with E-state index in [1.165, 1.54) is 0 Å². The summed E-state index contributed by atoms with van der Waals surface area (Å²) >= 11 is 0. The molecule has 2 aromatic carbocycles. The lowest BCUT2D eigenvalue weighted by atomic mass is 10.0. The molecule has 0 saturated carbocycles. The van der Waals surface area contributed by atoms with Gasteiger partial charge in [-0.25, -0.2) is 4.98 Å². The van der Waals surface area contributed by atoms with Crippen LogP contribution in [0.5, 0.6) is 11.5 Å². The zero-order chi connectivity index (χ0) is 23.4. The van der Waals surface area contributed by atoms with Gasteiger partial charge in [0, 0.05) is 34.8 Å². The van der Waals surface area contributed by atoms with E-state index in [0.717, 1.165) is 40.0 Å². The third-order valence-electron chi connectivity index (χ3n) is 5.37. The van der Waals surface area contributed by atoms with E-state index in [-0.39, 0.29) is 5.91 Å². The minimum atomic E-state index is -0.272. The van der Waals surface area contributed by atoms with Crippen molar-refractivity contribution in [1.82, 2.24) is 15.2 Å². The van der Waals surface area contributed by atoms with Crippen LogP contribution in [0.1, 0.15) is 28.5 Å². The molecule has 0 bridgehead atoms. The molecular formula is C25H27N5O3. The molecule has 0 aliphatic heterocycles. The van der Waals surface area contributed by atoms with E-state index >= 15 is 0 Å². The van der Waals surface area contributed by atoms with Gasteiger partial charge in [0.1, 0.15) is 18.1 Å². The Morgan fingerprint density at radius 2 is 1.94 bits per heavy atom. The van der Waals surface area contributed by atoms with Gasteiger partial charge in [0.2, 0.25) is 0 Å². The predicted octanol–water partition coefficient (Wildman–Crippen LogP) is 4.09. The molecule has 0 spiro atoms. The summed E-state index contributed by atoms with van der Waals surface area (Å²) in [4.78, 5) is 17.7. The summed E-state index contributed by atoms with van der Waals surface area (Å²) in [6.07, 6.45) is 0.838. The van der Waals surface area contributed by atoms with E-state index in [4.69, 9.17) is 20.2 Å². The number of aryl methyl sites for hydroxylation is 2. The van der Waals surface area contributed by atoms with Crippen molar-refractivity contribution in [3.8, 4) is 22.8 Å². The monoisotopic (exact) mass is 445 g/mol. The number of anilines is 1. The maximum Gasteiger partial charge on any atom is 0.255 e. The molecule has 33 heavy (non-hydrogen) atoms. The third kappa shape index (κ3) is 4.80. The number of H-pyrrole nitrogens is 1. The van der Waals surface area contributed by atoms with Gasteiger partial charge in [0.25, 0.3) is 5.91 Å². The fourth-order valence-electron chi connectivity index (χ4n) is 3.64. The van der Waals surface area contributed by atoms with Crippen molar-refractivity contribution >= 4 is 22.6 Å². The number of hydrogen-bond donors (Lipinski definition) is 3. The van der Waals surface area contributed by atoms with Crippen LogP contribution in [0.2, 0.25) is 0 Å². The fourth-order valence-corrected chi connectivity index (χ4v) is 3.64. The van der Waals surface area contributed by atoms with Crippen LogP contribution in [0, 0.1) is 6.92 Å². The summed E-state index contributed by atoms with van der Waals surface area (Å²) in [6, 6.07) is 14.8. The van der Waals surface area contributed by atoms with Crippen molar-refractivity contribution < 1.29 is 14.3 Å². The Balaban J connectivity index is 1.61. The number of benzene rings is 2. The van der Waals surface area contributed by atoms with Gasteiger partial charge in [0.05, 0.1) is 18.5 Å². The van der Waals surface area contributed by atoms with Gasteiger partial charge in [-0.3, -0.25) is 9.89 Å². The lowest BCUT2D eigenvalue weighted by Gasteiger charge is -2.12. The molecule has 0 unspecified atom stereocenters. The van der Waals surface area contributed by atoms with Crippen molar-refractivity contribution in [3.05, 3.63) is 65.4 Å². The van der Waals surface area contributed by atoms with Gasteiger partial charge in [0.15, 0.2) is 5.65 Å². The minimum Gasteiger partial charge on any atom is -0.497 e. The number of fused-ring (bicyclic) bond motifs is 1. The zero-order valence-corrected chi connectivity index (χ0v) is 18.9. The largest absolute Gasteiger partial charge is 0.497 e. The highest BCUT2D eigenvalue weighted by atomic mass is 16.5. The fraction of sp³-hybridized carbons (Fsp3) is 0.240. The molecule has 0 radical (unpaired) electrons. The van der Waals surface area contributed by atoms with E-state index in [1.807, 2.05) is 37.3 Å². The normalized spacial score (nSPS) is 10.9. The zero-order valence-electron chi connectivity index (χ0n) is 18.9. The first-order chi connectivity index (χ1) is 16.0. The summed E-state index contributed by atoms with van der Waals surface area (Å²) in [5, 5.41) is 11.3. The molecule has 2 aromatic heterocycles. The number of hydrogen-bond acceptors (Lipinski definition) is 6. The van der Waals surface area contributed by atoms with E-state index in [1.54, 1.807) is 25.3 Å². The van der Waals surface area contributed by atoms with E-state index in [9.17, 15) is 4.79 Å². The lowest BCUT2D eigenvalue weighted by molar-refractivity contribution is 0.102. The van der Waals surface area contributed by atoms with Crippen LogP contribution >= 0.6 is 0 Å². The first-order valence-corrected chi connectivity index (χ1v) is 10.8. The van der Waals surface area contributed by atoms with Gasteiger partial charge < -0.3 is 20.5 Å². The van der Waals surface area contributed by atoms with E-state index in [0.29, 0.717) is 35.9 Å². The summed E-state index contributed by atoms with van der Waals surface area (Å²) in [5.41, 5.74) is 11.1. The van der Waals surface area contributed by atoms with Gasteiger partial charge in [-0.1, -0.05) is 13.0 Å². The molecule has 0 aliphatic carbocycles. The summed E-state index contributed by atoms with van der Waals surface area (Å²) in [5.74, 6) is 0.784. The maximum absolute atomic E-state index is 13.0. The second-order valence-corrected chi connectivity index (χ2v) is 7.63.